The third-order valence-corrected chi connectivity index (χ3v) is 8.08. The number of carbonyl (C=O) groups excluding carboxylic acids is 1. The average Bonchev–Trinajstić information content (AvgIpc) is 3.42. The van der Waals surface area contributed by atoms with Crippen LogP contribution in [0.25, 0.3) is 10.9 Å². The van der Waals surface area contributed by atoms with Crippen LogP contribution in [0.1, 0.15) is 36.3 Å². The number of benzene rings is 3. The summed E-state index contributed by atoms with van der Waals surface area (Å²) in [5, 5.41) is 28.5. The summed E-state index contributed by atoms with van der Waals surface area (Å²) in [6.45, 7) is 4.22. The number of carbonyl (C=O) groups is 1. The molecule has 218 valence electrons. The largest absolute Gasteiger partial charge is 0.530 e. The Labute approximate surface area is 245 Å². The van der Waals surface area contributed by atoms with Crippen molar-refractivity contribution in [2.75, 3.05) is 26.2 Å². The van der Waals surface area contributed by atoms with Crippen molar-refractivity contribution >= 4 is 22.7 Å². The third kappa shape index (κ3) is 7.82. The van der Waals surface area contributed by atoms with E-state index in [4.69, 9.17) is 5.10 Å². The molecular weight excluding hydrogens is 530 g/mol. The fourth-order valence-electron chi connectivity index (χ4n) is 5.66. The highest BCUT2D eigenvalue weighted by Gasteiger charge is 2.20. The number of rotatable bonds is 12. The molecule has 1 saturated heterocycles. The Balaban J connectivity index is 1.10. The lowest BCUT2D eigenvalue weighted by Crippen LogP contribution is -2.40. The number of amides is 1. The number of aromatic nitrogens is 2. The van der Waals surface area contributed by atoms with Crippen LogP contribution < -0.4 is 5.11 Å². The fraction of sp³-hybridized carbons (Fsp3) is 0.333. The number of hydrogen-bond donors (Lipinski definition) is 0. The second kappa shape index (κ2) is 13.9. The van der Waals surface area contributed by atoms with E-state index in [9.17, 15) is 20.0 Å². The molecule has 9 heteroatoms. The molecule has 1 aliphatic rings. The van der Waals surface area contributed by atoms with Crippen molar-refractivity contribution in [3.8, 4) is 0 Å². The second-order valence-corrected chi connectivity index (χ2v) is 11.0. The lowest BCUT2D eigenvalue weighted by molar-refractivity contribution is -0.384. The standard InChI is InChI=1S/C33H37N5O4/c39-33(40)36(23-27-12-14-31(15-13-27)38(41)42)19-6-7-26-16-20-35(21-17-26)22-18-29(28-8-2-1-3-9-28)24-37-25-30-10-4-5-11-32(30)34-37/h1-15,25-26,29H,16-24H2,(H,39,40)/p-1. The molecule has 0 bridgehead atoms. The Morgan fingerprint density at radius 2 is 1.74 bits per heavy atom. The van der Waals surface area contributed by atoms with E-state index in [1.54, 1.807) is 12.1 Å². The average molecular weight is 567 g/mol. The number of piperidine rings is 1. The zero-order valence-corrected chi connectivity index (χ0v) is 23.6. The van der Waals surface area contributed by atoms with E-state index in [1.807, 2.05) is 18.2 Å². The van der Waals surface area contributed by atoms with Gasteiger partial charge in [-0.15, -0.1) is 0 Å². The molecule has 42 heavy (non-hydrogen) atoms. The van der Waals surface area contributed by atoms with Gasteiger partial charge in [0.05, 0.1) is 10.4 Å². The molecule has 3 aromatic carbocycles. The first-order valence-electron chi connectivity index (χ1n) is 14.5. The highest BCUT2D eigenvalue weighted by atomic mass is 16.6. The van der Waals surface area contributed by atoms with Gasteiger partial charge in [0, 0.05) is 49.3 Å². The van der Waals surface area contributed by atoms with Gasteiger partial charge in [-0.05, 0) is 62.0 Å². The number of fused-ring (bicyclic) bond motifs is 1. The van der Waals surface area contributed by atoms with E-state index < -0.39 is 11.0 Å². The number of allylic oxidation sites excluding steroid dienone is 1. The summed E-state index contributed by atoms with van der Waals surface area (Å²) in [6.07, 6.45) is 8.01. The van der Waals surface area contributed by atoms with Gasteiger partial charge < -0.3 is 19.7 Å². The molecule has 1 fully saturated rings. The van der Waals surface area contributed by atoms with Crippen LogP contribution in [-0.4, -0.2) is 56.8 Å². The van der Waals surface area contributed by atoms with Gasteiger partial charge in [0.15, 0.2) is 0 Å². The van der Waals surface area contributed by atoms with Crippen LogP contribution >= 0.6 is 0 Å². The number of likely N-dealkylation sites (tertiary alicyclic amines) is 1. The zero-order valence-electron chi connectivity index (χ0n) is 23.6. The number of hydrogen-bond acceptors (Lipinski definition) is 6. The third-order valence-electron chi connectivity index (χ3n) is 8.08. The number of carboxylic acid groups (broad SMARTS) is 1. The van der Waals surface area contributed by atoms with E-state index in [2.05, 4.69) is 64.3 Å². The Kier molecular flexibility index (Phi) is 9.61. The summed E-state index contributed by atoms with van der Waals surface area (Å²) >= 11 is 0. The predicted octanol–water partition coefficient (Wildman–Crippen LogP) is 5.23. The van der Waals surface area contributed by atoms with Crippen molar-refractivity contribution in [2.24, 2.45) is 5.92 Å². The summed E-state index contributed by atoms with van der Waals surface area (Å²) in [5.74, 6) is 0.773. The summed E-state index contributed by atoms with van der Waals surface area (Å²) < 4.78 is 2.08. The molecule has 0 radical (unpaired) electrons. The normalized spacial score (nSPS) is 15.2. The van der Waals surface area contributed by atoms with Crippen molar-refractivity contribution in [2.45, 2.75) is 38.3 Å². The molecule has 1 atom stereocenters. The molecule has 0 saturated carbocycles. The van der Waals surface area contributed by atoms with Crippen molar-refractivity contribution in [1.82, 2.24) is 19.6 Å². The van der Waals surface area contributed by atoms with Gasteiger partial charge in [-0.25, -0.2) is 0 Å². The minimum Gasteiger partial charge on any atom is -0.530 e. The van der Waals surface area contributed by atoms with E-state index in [1.165, 1.54) is 22.6 Å². The lowest BCUT2D eigenvalue weighted by Gasteiger charge is -2.32. The summed E-state index contributed by atoms with van der Waals surface area (Å²) in [6, 6.07) is 24.8. The highest BCUT2D eigenvalue weighted by Crippen LogP contribution is 2.25. The smallest absolute Gasteiger partial charge is 0.269 e. The lowest BCUT2D eigenvalue weighted by atomic mass is 9.93. The van der Waals surface area contributed by atoms with Gasteiger partial charge in [-0.1, -0.05) is 72.8 Å². The predicted molar refractivity (Wildman–Crippen MR) is 161 cm³/mol. The minimum atomic E-state index is -1.26. The van der Waals surface area contributed by atoms with Crippen LogP contribution in [0.5, 0.6) is 0 Å². The monoisotopic (exact) mass is 566 g/mol. The van der Waals surface area contributed by atoms with E-state index in [0.717, 1.165) is 56.3 Å². The van der Waals surface area contributed by atoms with Crippen molar-refractivity contribution < 1.29 is 14.8 Å². The Morgan fingerprint density at radius 3 is 2.43 bits per heavy atom. The van der Waals surface area contributed by atoms with Gasteiger partial charge >= 0.3 is 0 Å². The van der Waals surface area contributed by atoms with Crippen molar-refractivity contribution in [1.29, 1.82) is 0 Å². The molecule has 0 N–H and O–H groups in total. The Bertz CT molecular complexity index is 1460. The van der Waals surface area contributed by atoms with Gasteiger partial charge in [-0.3, -0.25) is 14.8 Å². The maximum absolute atomic E-state index is 11.7. The maximum atomic E-state index is 11.7. The SMILES string of the molecule is O=C([O-])N(CC=CC1CCN(CCC(Cn2cc3ccccc3n2)c2ccccc2)CC1)Cc1ccc([N+](=O)[O-])cc1. The van der Waals surface area contributed by atoms with Gasteiger partial charge in [0.1, 0.15) is 6.09 Å². The van der Waals surface area contributed by atoms with Crippen molar-refractivity contribution in [3.05, 3.63) is 118 Å². The minimum absolute atomic E-state index is 0.0211. The van der Waals surface area contributed by atoms with Gasteiger partial charge in [0.2, 0.25) is 0 Å². The summed E-state index contributed by atoms with van der Waals surface area (Å²) in [5.41, 5.74) is 3.02. The van der Waals surface area contributed by atoms with Crippen LogP contribution in [0, 0.1) is 16.0 Å². The molecule has 4 aromatic rings. The first-order valence-corrected chi connectivity index (χ1v) is 14.5. The molecule has 2 heterocycles. The second-order valence-electron chi connectivity index (χ2n) is 11.0. The molecule has 1 amide bonds. The highest BCUT2D eigenvalue weighted by molar-refractivity contribution is 5.77. The summed E-state index contributed by atoms with van der Waals surface area (Å²) in [4.78, 5) is 25.8. The van der Waals surface area contributed by atoms with Gasteiger partial charge in [0.25, 0.3) is 5.69 Å². The van der Waals surface area contributed by atoms with Crippen LogP contribution in [-0.2, 0) is 13.1 Å². The van der Waals surface area contributed by atoms with Crippen molar-refractivity contribution in [3.63, 3.8) is 0 Å². The molecule has 1 aromatic heterocycles. The molecule has 1 unspecified atom stereocenters. The number of non-ortho nitro benzene ring substituents is 1. The zero-order chi connectivity index (χ0) is 29.3. The Morgan fingerprint density at radius 1 is 1.02 bits per heavy atom. The molecule has 9 nitrogen and oxygen atoms in total. The molecular formula is C33H36N5O4-. The van der Waals surface area contributed by atoms with Crippen LogP contribution in [0.3, 0.4) is 0 Å². The fourth-order valence-corrected chi connectivity index (χ4v) is 5.66. The first-order chi connectivity index (χ1) is 20.4. The molecule has 5 rings (SSSR count). The van der Waals surface area contributed by atoms with Crippen LogP contribution in [0.4, 0.5) is 10.5 Å². The topological polar surface area (TPSA) is 108 Å². The van der Waals surface area contributed by atoms with Crippen LogP contribution in [0.2, 0.25) is 0 Å². The van der Waals surface area contributed by atoms with E-state index >= 15 is 0 Å². The molecule has 1 aliphatic heterocycles. The number of nitrogens with zero attached hydrogens (tertiary/aromatic N) is 5. The summed E-state index contributed by atoms with van der Waals surface area (Å²) in [7, 11) is 0. The number of nitro benzene ring substituents is 1. The van der Waals surface area contributed by atoms with E-state index in [-0.39, 0.29) is 18.8 Å². The first kappa shape index (κ1) is 29.0. The van der Waals surface area contributed by atoms with Crippen LogP contribution in [0.15, 0.2) is 97.2 Å². The quantitative estimate of drug-likeness (QED) is 0.132. The van der Waals surface area contributed by atoms with E-state index in [0.29, 0.717) is 17.4 Å². The van der Waals surface area contributed by atoms with Gasteiger partial charge in [-0.2, -0.15) is 5.10 Å². The number of nitro groups is 1. The molecule has 0 spiro atoms. The Hall–Kier alpha value is -4.50. The molecule has 0 aliphatic carbocycles. The maximum Gasteiger partial charge on any atom is 0.269 e.